The average molecular weight is 323 g/mol. The molecule has 0 fully saturated rings. The van der Waals surface area contributed by atoms with E-state index in [1.165, 1.54) is 0 Å². The number of methoxy groups -OCH3 is 2. The van der Waals surface area contributed by atoms with Crippen LogP contribution in [0.3, 0.4) is 0 Å². The van der Waals surface area contributed by atoms with Crippen molar-refractivity contribution in [1.29, 1.82) is 0 Å². The van der Waals surface area contributed by atoms with Crippen LogP contribution in [0.2, 0.25) is 0 Å². The average Bonchev–Trinajstić information content (AvgIpc) is 3.17. The first-order valence-electron chi connectivity index (χ1n) is 7.34. The van der Waals surface area contributed by atoms with Crippen LogP contribution in [0.4, 0.5) is 5.69 Å². The second-order valence-corrected chi connectivity index (χ2v) is 5.02. The van der Waals surface area contributed by atoms with Crippen molar-refractivity contribution in [2.24, 2.45) is 0 Å². The van der Waals surface area contributed by atoms with Gasteiger partial charge < -0.3 is 14.8 Å². The maximum atomic E-state index is 12.5. The summed E-state index contributed by atoms with van der Waals surface area (Å²) in [5.74, 6) is 0.962. The van der Waals surface area contributed by atoms with Crippen LogP contribution in [0.25, 0.3) is 5.69 Å². The first-order chi connectivity index (χ1) is 11.7. The van der Waals surface area contributed by atoms with E-state index in [0.717, 1.165) is 5.69 Å². The molecule has 6 nitrogen and oxygen atoms in total. The molecule has 3 rings (SSSR count). The van der Waals surface area contributed by atoms with Crippen molar-refractivity contribution in [3.8, 4) is 17.2 Å². The number of aromatic nitrogens is 2. The molecule has 0 aliphatic rings. The maximum Gasteiger partial charge on any atom is 0.255 e. The van der Waals surface area contributed by atoms with E-state index < -0.39 is 0 Å². The highest BCUT2D eigenvalue weighted by Crippen LogP contribution is 2.29. The zero-order chi connectivity index (χ0) is 16.9. The Morgan fingerprint density at radius 3 is 2.67 bits per heavy atom. The van der Waals surface area contributed by atoms with Gasteiger partial charge in [0.05, 0.1) is 25.6 Å². The zero-order valence-corrected chi connectivity index (χ0v) is 13.4. The van der Waals surface area contributed by atoms with Gasteiger partial charge in [0.25, 0.3) is 5.91 Å². The summed E-state index contributed by atoms with van der Waals surface area (Å²) in [6.07, 6.45) is 3.51. The van der Waals surface area contributed by atoms with Crippen LogP contribution < -0.4 is 14.8 Å². The number of nitrogens with zero attached hydrogens (tertiary/aromatic N) is 2. The molecule has 2 aromatic carbocycles. The van der Waals surface area contributed by atoms with Crippen molar-refractivity contribution in [1.82, 2.24) is 9.78 Å². The summed E-state index contributed by atoms with van der Waals surface area (Å²) in [4.78, 5) is 12.5. The Hall–Kier alpha value is -3.28. The minimum atomic E-state index is -0.229. The number of rotatable bonds is 5. The summed E-state index contributed by atoms with van der Waals surface area (Å²) in [6, 6.07) is 14.3. The number of anilines is 1. The highest BCUT2D eigenvalue weighted by Gasteiger charge is 2.11. The van der Waals surface area contributed by atoms with Crippen LogP contribution in [0.5, 0.6) is 11.5 Å². The number of benzene rings is 2. The largest absolute Gasteiger partial charge is 0.497 e. The first-order valence-corrected chi connectivity index (χ1v) is 7.34. The van der Waals surface area contributed by atoms with E-state index >= 15 is 0 Å². The Kier molecular flexibility index (Phi) is 4.47. The fraction of sp³-hybridized carbons (Fsp3) is 0.111. The lowest BCUT2D eigenvalue weighted by molar-refractivity contribution is 0.102. The summed E-state index contributed by atoms with van der Waals surface area (Å²) >= 11 is 0. The molecule has 0 aliphatic carbocycles. The molecule has 24 heavy (non-hydrogen) atoms. The second kappa shape index (κ2) is 6.87. The number of carbonyl (C=O) groups is 1. The fourth-order valence-electron chi connectivity index (χ4n) is 2.31. The predicted molar refractivity (Wildman–Crippen MR) is 91.1 cm³/mol. The van der Waals surface area contributed by atoms with Crippen LogP contribution >= 0.6 is 0 Å². The quantitative estimate of drug-likeness (QED) is 0.783. The summed E-state index contributed by atoms with van der Waals surface area (Å²) < 4.78 is 12.2. The van der Waals surface area contributed by atoms with E-state index in [1.54, 1.807) is 55.4 Å². The van der Waals surface area contributed by atoms with E-state index in [1.807, 2.05) is 24.4 Å². The zero-order valence-electron chi connectivity index (χ0n) is 13.4. The SMILES string of the molecule is COc1ccc(NC(=O)c2cccc(-n3cccn3)c2)c(OC)c1. The molecule has 0 spiro atoms. The minimum Gasteiger partial charge on any atom is -0.497 e. The summed E-state index contributed by atoms with van der Waals surface area (Å²) in [7, 11) is 3.12. The molecule has 3 aromatic rings. The fourth-order valence-corrected chi connectivity index (χ4v) is 2.31. The normalized spacial score (nSPS) is 10.2. The van der Waals surface area contributed by atoms with Crippen molar-refractivity contribution in [3.63, 3.8) is 0 Å². The van der Waals surface area contributed by atoms with Gasteiger partial charge in [-0.3, -0.25) is 4.79 Å². The Bertz CT molecular complexity index is 844. The number of nitrogens with one attached hydrogen (secondary N) is 1. The molecule has 1 heterocycles. The summed E-state index contributed by atoms with van der Waals surface area (Å²) in [5.41, 5.74) is 1.92. The van der Waals surface area contributed by atoms with E-state index in [2.05, 4.69) is 10.4 Å². The van der Waals surface area contributed by atoms with Crippen LogP contribution in [0.15, 0.2) is 60.9 Å². The molecule has 0 atom stereocenters. The molecule has 0 bridgehead atoms. The minimum absolute atomic E-state index is 0.229. The molecule has 0 radical (unpaired) electrons. The van der Waals surface area contributed by atoms with Crippen molar-refractivity contribution < 1.29 is 14.3 Å². The van der Waals surface area contributed by atoms with E-state index in [9.17, 15) is 4.79 Å². The smallest absolute Gasteiger partial charge is 0.255 e. The molecule has 6 heteroatoms. The lowest BCUT2D eigenvalue weighted by Crippen LogP contribution is -2.13. The highest BCUT2D eigenvalue weighted by atomic mass is 16.5. The third-order valence-corrected chi connectivity index (χ3v) is 3.53. The molecule has 0 unspecified atom stereocenters. The topological polar surface area (TPSA) is 65.4 Å². The Morgan fingerprint density at radius 2 is 1.96 bits per heavy atom. The van der Waals surface area contributed by atoms with Gasteiger partial charge in [-0.1, -0.05) is 6.07 Å². The lowest BCUT2D eigenvalue weighted by atomic mass is 10.1. The monoisotopic (exact) mass is 323 g/mol. The Labute approximate surface area is 139 Å². The van der Waals surface area contributed by atoms with Crippen LogP contribution in [0.1, 0.15) is 10.4 Å². The van der Waals surface area contributed by atoms with Crippen molar-refractivity contribution in [2.75, 3.05) is 19.5 Å². The number of hydrogen-bond donors (Lipinski definition) is 1. The maximum absolute atomic E-state index is 12.5. The van der Waals surface area contributed by atoms with E-state index in [0.29, 0.717) is 22.7 Å². The van der Waals surface area contributed by atoms with E-state index in [4.69, 9.17) is 9.47 Å². The first kappa shape index (κ1) is 15.6. The van der Waals surface area contributed by atoms with Gasteiger partial charge in [-0.2, -0.15) is 5.10 Å². The van der Waals surface area contributed by atoms with Gasteiger partial charge in [-0.15, -0.1) is 0 Å². The summed E-state index contributed by atoms with van der Waals surface area (Å²) in [5, 5.41) is 7.02. The van der Waals surface area contributed by atoms with Crippen LogP contribution in [-0.2, 0) is 0 Å². The van der Waals surface area contributed by atoms with Gasteiger partial charge in [-0.05, 0) is 36.4 Å². The van der Waals surface area contributed by atoms with Crippen LogP contribution in [-0.4, -0.2) is 29.9 Å². The molecule has 0 saturated carbocycles. The highest BCUT2D eigenvalue weighted by molar-refractivity contribution is 6.05. The molecule has 1 N–H and O–H groups in total. The van der Waals surface area contributed by atoms with Crippen LogP contribution in [0, 0.1) is 0 Å². The van der Waals surface area contributed by atoms with E-state index in [-0.39, 0.29) is 5.91 Å². The van der Waals surface area contributed by atoms with Gasteiger partial charge in [0, 0.05) is 24.0 Å². The Balaban J connectivity index is 1.84. The van der Waals surface area contributed by atoms with Gasteiger partial charge >= 0.3 is 0 Å². The standard InChI is InChI=1S/C18H17N3O3/c1-23-15-7-8-16(17(12-15)24-2)20-18(22)13-5-3-6-14(11-13)21-10-4-9-19-21/h3-12H,1-2H3,(H,20,22). The molecule has 0 aliphatic heterocycles. The second-order valence-electron chi connectivity index (χ2n) is 5.02. The number of ether oxygens (including phenoxy) is 2. The number of hydrogen-bond acceptors (Lipinski definition) is 4. The summed E-state index contributed by atoms with van der Waals surface area (Å²) in [6.45, 7) is 0. The van der Waals surface area contributed by atoms with Gasteiger partial charge in [0.2, 0.25) is 0 Å². The molecular formula is C18H17N3O3. The van der Waals surface area contributed by atoms with Gasteiger partial charge in [0.1, 0.15) is 11.5 Å². The molecule has 1 amide bonds. The molecule has 1 aromatic heterocycles. The molecule has 122 valence electrons. The third kappa shape index (κ3) is 3.22. The predicted octanol–water partition coefficient (Wildman–Crippen LogP) is 3.14. The molecule has 0 saturated heterocycles. The van der Waals surface area contributed by atoms with Crippen molar-refractivity contribution >= 4 is 11.6 Å². The van der Waals surface area contributed by atoms with Gasteiger partial charge in [-0.25, -0.2) is 4.68 Å². The lowest BCUT2D eigenvalue weighted by Gasteiger charge is -2.12. The third-order valence-electron chi connectivity index (χ3n) is 3.53. The van der Waals surface area contributed by atoms with Gasteiger partial charge in [0.15, 0.2) is 0 Å². The number of amides is 1. The number of carbonyl (C=O) groups excluding carboxylic acids is 1. The van der Waals surface area contributed by atoms with Crippen molar-refractivity contribution in [2.45, 2.75) is 0 Å². The Morgan fingerprint density at radius 1 is 1.08 bits per heavy atom. The van der Waals surface area contributed by atoms with Crippen molar-refractivity contribution in [3.05, 3.63) is 66.5 Å². The molecular weight excluding hydrogens is 306 g/mol.